The molecule has 1 heterocycles. The molecule has 2 aromatic rings. The Morgan fingerprint density at radius 3 is 2.20 bits per heavy atom. The Balaban J connectivity index is 1.98. The zero-order valence-electron chi connectivity index (χ0n) is 15.0. The van der Waals surface area contributed by atoms with Crippen LogP contribution in [0.25, 0.3) is 0 Å². The minimum atomic E-state index is -0.305. The summed E-state index contributed by atoms with van der Waals surface area (Å²) >= 11 is 1.39. The highest BCUT2D eigenvalue weighted by molar-refractivity contribution is 7.15. The van der Waals surface area contributed by atoms with Gasteiger partial charge in [0.15, 0.2) is 0 Å². The Labute approximate surface area is 152 Å². The number of hydrogen-bond acceptors (Lipinski definition) is 5. The van der Waals surface area contributed by atoms with Gasteiger partial charge in [0.2, 0.25) is 5.13 Å². The summed E-state index contributed by atoms with van der Waals surface area (Å²) in [6.07, 6.45) is 3.03. The van der Waals surface area contributed by atoms with Crippen molar-refractivity contribution < 1.29 is 9.59 Å². The predicted molar refractivity (Wildman–Crippen MR) is 100 cm³/mol. The Bertz CT molecular complexity index is 732. The van der Waals surface area contributed by atoms with Crippen molar-refractivity contribution in [3.05, 3.63) is 40.4 Å². The number of anilines is 1. The zero-order chi connectivity index (χ0) is 18.4. The lowest BCUT2D eigenvalue weighted by molar-refractivity contribution is 0.0918. The highest BCUT2D eigenvalue weighted by atomic mass is 32.1. The largest absolute Gasteiger partial charge is 0.347 e. The number of nitrogens with zero attached hydrogens (tertiary/aromatic N) is 2. The molecule has 134 valence electrons. The SMILES string of the molecule is CCCCc1nnc(NC(=O)c2ccc(C(=O)NC(C)(C)C)cc2)s1. The number of carbonyl (C=O) groups excluding carboxylic acids is 2. The van der Waals surface area contributed by atoms with Crippen LogP contribution in [0.1, 0.15) is 66.3 Å². The molecule has 0 aliphatic carbocycles. The first kappa shape index (κ1) is 19.1. The topological polar surface area (TPSA) is 84.0 Å². The molecule has 25 heavy (non-hydrogen) atoms. The molecule has 2 rings (SSSR count). The number of unbranched alkanes of at least 4 members (excludes halogenated alkanes) is 1. The monoisotopic (exact) mass is 360 g/mol. The number of carbonyl (C=O) groups is 2. The van der Waals surface area contributed by atoms with Crippen molar-refractivity contribution >= 4 is 28.3 Å². The van der Waals surface area contributed by atoms with Gasteiger partial charge < -0.3 is 5.32 Å². The van der Waals surface area contributed by atoms with E-state index in [0.29, 0.717) is 16.3 Å². The van der Waals surface area contributed by atoms with Gasteiger partial charge in [-0.15, -0.1) is 10.2 Å². The van der Waals surface area contributed by atoms with E-state index < -0.39 is 0 Å². The first-order valence-corrected chi connectivity index (χ1v) is 9.16. The third-order valence-electron chi connectivity index (χ3n) is 3.33. The Morgan fingerprint density at radius 2 is 1.64 bits per heavy atom. The van der Waals surface area contributed by atoms with Crippen LogP contribution in [-0.4, -0.2) is 27.6 Å². The number of aromatic nitrogens is 2. The summed E-state index contributed by atoms with van der Waals surface area (Å²) in [4.78, 5) is 24.4. The second-order valence-electron chi connectivity index (χ2n) is 6.84. The molecular formula is C18H24N4O2S. The molecule has 0 radical (unpaired) electrons. The molecule has 6 nitrogen and oxygen atoms in total. The fourth-order valence-electron chi connectivity index (χ4n) is 2.09. The quantitative estimate of drug-likeness (QED) is 0.823. The van der Waals surface area contributed by atoms with Gasteiger partial charge in [-0.25, -0.2) is 0 Å². The van der Waals surface area contributed by atoms with Crippen LogP contribution >= 0.6 is 11.3 Å². The van der Waals surface area contributed by atoms with E-state index >= 15 is 0 Å². The minimum Gasteiger partial charge on any atom is -0.347 e. The normalized spacial score (nSPS) is 11.2. The van der Waals surface area contributed by atoms with Crippen LogP contribution in [0.2, 0.25) is 0 Å². The van der Waals surface area contributed by atoms with Crippen molar-refractivity contribution in [3.63, 3.8) is 0 Å². The van der Waals surface area contributed by atoms with Crippen LogP contribution in [0.3, 0.4) is 0 Å². The summed E-state index contributed by atoms with van der Waals surface area (Å²) in [6, 6.07) is 6.55. The average molecular weight is 360 g/mol. The summed E-state index contributed by atoms with van der Waals surface area (Å²) in [5.41, 5.74) is 0.683. The molecule has 0 aliphatic rings. The molecular weight excluding hydrogens is 336 g/mol. The van der Waals surface area contributed by atoms with Crippen molar-refractivity contribution in [2.45, 2.75) is 52.5 Å². The Hall–Kier alpha value is -2.28. The van der Waals surface area contributed by atoms with E-state index in [9.17, 15) is 9.59 Å². The second-order valence-corrected chi connectivity index (χ2v) is 7.90. The maximum Gasteiger partial charge on any atom is 0.257 e. The standard InChI is InChI=1S/C18H24N4O2S/c1-5-6-7-14-21-22-17(25-14)19-15(23)12-8-10-13(11-9-12)16(24)20-18(2,3)4/h8-11H,5-7H2,1-4H3,(H,20,24)(H,19,22,23). The Kier molecular flexibility index (Phi) is 6.25. The second kappa shape index (κ2) is 8.20. The van der Waals surface area contributed by atoms with E-state index in [2.05, 4.69) is 27.8 Å². The first-order chi connectivity index (χ1) is 11.8. The lowest BCUT2D eigenvalue weighted by atomic mass is 10.1. The van der Waals surface area contributed by atoms with E-state index in [1.807, 2.05) is 20.8 Å². The van der Waals surface area contributed by atoms with Crippen LogP contribution in [0, 0.1) is 0 Å². The molecule has 0 bridgehead atoms. The van der Waals surface area contributed by atoms with Crippen LogP contribution in [0.4, 0.5) is 5.13 Å². The highest BCUT2D eigenvalue weighted by Gasteiger charge is 2.16. The fourth-order valence-corrected chi connectivity index (χ4v) is 2.86. The van der Waals surface area contributed by atoms with Gasteiger partial charge in [-0.1, -0.05) is 24.7 Å². The molecule has 2 amide bonds. The van der Waals surface area contributed by atoms with Crippen molar-refractivity contribution in [2.75, 3.05) is 5.32 Å². The average Bonchev–Trinajstić information content (AvgIpc) is 2.98. The zero-order valence-corrected chi connectivity index (χ0v) is 15.9. The van der Waals surface area contributed by atoms with Gasteiger partial charge in [0, 0.05) is 23.1 Å². The minimum absolute atomic E-state index is 0.163. The number of aryl methyl sites for hydroxylation is 1. The maximum atomic E-state index is 12.3. The number of hydrogen-bond donors (Lipinski definition) is 2. The number of rotatable bonds is 6. The fraction of sp³-hybridized carbons (Fsp3) is 0.444. The maximum absolute atomic E-state index is 12.3. The van der Waals surface area contributed by atoms with E-state index in [1.165, 1.54) is 11.3 Å². The van der Waals surface area contributed by atoms with E-state index in [-0.39, 0.29) is 17.4 Å². The van der Waals surface area contributed by atoms with Crippen LogP contribution in [0.15, 0.2) is 24.3 Å². The van der Waals surface area contributed by atoms with Gasteiger partial charge in [0.25, 0.3) is 11.8 Å². The smallest absolute Gasteiger partial charge is 0.257 e. The molecule has 0 aliphatic heterocycles. The third kappa shape index (κ3) is 5.94. The van der Waals surface area contributed by atoms with Gasteiger partial charge in [-0.2, -0.15) is 0 Å². The summed E-state index contributed by atoms with van der Waals surface area (Å²) in [5.74, 6) is -0.426. The summed E-state index contributed by atoms with van der Waals surface area (Å²) < 4.78 is 0. The van der Waals surface area contributed by atoms with Gasteiger partial charge in [-0.05, 0) is 51.5 Å². The number of benzene rings is 1. The summed E-state index contributed by atoms with van der Waals surface area (Å²) in [5, 5.41) is 15.1. The van der Waals surface area contributed by atoms with Crippen molar-refractivity contribution in [2.24, 2.45) is 0 Å². The molecule has 0 saturated heterocycles. The van der Waals surface area contributed by atoms with Gasteiger partial charge in [0.1, 0.15) is 5.01 Å². The molecule has 2 N–H and O–H groups in total. The predicted octanol–water partition coefficient (Wildman–Crippen LogP) is 3.66. The Morgan fingerprint density at radius 1 is 1.04 bits per heavy atom. The van der Waals surface area contributed by atoms with Crippen LogP contribution < -0.4 is 10.6 Å². The lowest BCUT2D eigenvalue weighted by Crippen LogP contribution is -2.40. The molecule has 0 atom stereocenters. The third-order valence-corrected chi connectivity index (χ3v) is 4.23. The van der Waals surface area contributed by atoms with Crippen molar-refractivity contribution in [1.29, 1.82) is 0 Å². The molecule has 1 aromatic heterocycles. The van der Waals surface area contributed by atoms with Crippen molar-refractivity contribution in [1.82, 2.24) is 15.5 Å². The van der Waals surface area contributed by atoms with Crippen LogP contribution in [0.5, 0.6) is 0 Å². The van der Waals surface area contributed by atoms with E-state index in [4.69, 9.17) is 0 Å². The molecule has 1 aromatic carbocycles. The van der Waals surface area contributed by atoms with E-state index in [0.717, 1.165) is 24.3 Å². The molecule has 7 heteroatoms. The molecule has 0 unspecified atom stereocenters. The van der Waals surface area contributed by atoms with E-state index in [1.54, 1.807) is 24.3 Å². The first-order valence-electron chi connectivity index (χ1n) is 8.35. The van der Waals surface area contributed by atoms with Crippen molar-refractivity contribution in [3.8, 4) is 0 Å². The highest BCUT2D eigenvalue weighted by Crippen LogP contribution is 2.18. The summed E-state index contributed by atoms with van der Waals surface area (Å²) in [7, 11) is 0. The summed E-state index contributed by atoms with van der Waals surface area (Å²) in [6.45, 7) is 7.88. The lowest BCUT2D eigenvalue weighted by Gasteiger charge is -2.20. The number of nitrogens with one attached hydrogen (secondary N) is 2. The number of amides is 2. The van der Waals surface area contributed by atoms with Gasteiger partial charge in [0.05, 0.1) is 0 Å². The molecule has 0 saturated carbocycles. The molecule has 0 fully saturated rings. The van der Waals surface area contributed by atoms with Gasteiger partial charge in [-0.3, -0.25) is 14.9 Å². The molecule has 0 spiro atoms. The van der Waals surface area contributed by atoms with Crippen LogP contribution in [-0.2, 0) is 6.42 Å². The van der Waals surface area contributed by atoms with Gasteiger partial charge >= 0.3 is 0 Å².